The number of fused-ring (bicyclic) bond motifs is 1. The molecule has 4 heteroatoms. The van der Waals surface area contributed by atoms with Crippen LogP contribution in [0.3, 0.4) is 0 Å². The highest BCUT2D eigenvalue weighted by Crippen LogP contribution is 2.30. The molecule has 0 aromatic heterocycles. The van der Waals surface area contributed by atoms with Gasteiger partial charge in [-0.1, -0.05) is 30.3 Å². The van der Waals surface area contributed by atoms with Crippen LogP contribution in [-0.2, 0) is 17.8 Å². The van der Waals surface area contributed by atoms with Crippen molar-refractivity contribution in [2.75, 3.05) is 6.54 Å². The average molecular weight is 283 g/mol. The van der Waals surface area contributed by atoms with Crippen LogP contribution in [0.2, 0.25) is 0 Å². The molecular weight excluding hydrogens is 267 g/mol. The van der Waals surface area contributed by atoms with Gasteiger partial charge in [0.05, 0.1) is 0 Å². The first-order valence-electron chi connectivity index (χ1n) is 6.92. The van der Waals surface area contributed by atoms with Gasteiger partial charge in [-0.25, -0.2) is 4.39 Å². The lowest BCUT2D eigenvalue weighted by Crippen LogP contribution is -2.42. The van der Waals surface area contributed by atoms with Gasteiger partial charge >= 0.3 is 0 Å². The predicted molar refractivity (Wildman–Crippen MR) is 77.7 cm³/mol. The van der Waals surface area contributed by atoms with Crippen molar-refractivity contribution in [2.45, 2.75) is 19.0 Å². The summed E-state index contributed by atoms with van der Waals surface area (Å²) in [5.74, 6) is -0.645. The first-order chi connectivity index (χ1) is 10.1. The summed E-state index contributed by atoms with van der Waals surface area (Å²) in [7, 11) is 0. The second-order valence-corrected chi connectivity index (χ2v) is 5.28. The van der Waals surface area contributed by atoms with Crippen LogP contribution in [0.4, 0.5) is 4.39 Å². The lowest BCUT2D eigenvalue weighted by molar-refractivity contribution is -0.124. The van der Waals surface area contributed by atoms with E-state index in [0.29, 0.717) is 6.54 Å². The van der Waals surface area contributed by atoms with E-state index < -0.39 is 6.04 Å². The number of hydrogen-bond donors (Lipinski definition) is 1. The number of nitrogens with two attached hydrogens (primary N) is 1. The molecule has 1 radical (unpaired) electrons. The molecule has 21 heavy (non-hydrogen) atoms. The second kappa shape index (κ2) is 5.66. The summed E-state index contributed by atoms with van der Waals surface area (Å²) in [6, 6.07) is 14.6. The molecule has 0 aliphatic carbocycles. The number of rotatable bonds is 3. The van der Waals surface area contributed by atoms with Crippen LogP contribution < -0.4 is 5.73 Å². The molecule has 0 saturated carbocycles. The van der Waals surface area contributed by atoms with Gasteiger partial charge in [0.15, 0.2) is 0 Å². The van der Waals surface area contributed by atoms with Crippen molar-refractivity contribution < 1.29 is 9.18 Å². The van der Waals surface area contributed by atoms with E-state index in [2.05, 4.69) is 6.07 Å². The molecule has 0 saturated heterocycles. The van der Waals surface area contributed by atoms with Crippen molar-refractivity contribution in [1.29, 1.82) is 0 Å². The Balaban J connectivity index is 1.91. The first-order valence-corrected chi connectivity index (χ1v) is 6.92. The Hall–Kier alpha value is -2.20. The van der Waals surface area contributed by atoms with Crippen LogP contribution >= 0.6 is 0 Å². The molecule has 3 nitrogen and oxygen atoms in total. The number of benzene rings is 2. The maximum absolute atomic E-state index is 13.3. The molecule has 1 atom stereocenters. The van der Waals surface area contributed by atoms with E-state index in [0.717, 1.165) is 29.7 Å². The van der Waals surface area contributed by atoms with E-state index in [1.165, 1.54) is 12.1 Å². The summed E-state index contributed by atoms with van der Waals surface area (Å²) in [5.41, 5.74) is 8.47. The summed E-state index contributed by atoms with van der Waals surface area (Å²) in [6.45, 7) is 1.22. The molecule has 0 bridgehead atoms. The van der Waals surface area contributed by atoms with Crippen LogP contribution in [0.15, 0.2) is 42.5 Å². The van der Waals surface area contributed by atoms with Crippen LogP contribution in [0.5, 0.6) is 0 Å². The van der Waals surface area contributed by atoms with Gasteiger partial charge in [0.1, 0.15) is 11.9 Å². The number of amides is 1. The van der Waals surface area contributed by atoms with Crippen molar-refractivity contribution >= 4 is 5.91 Å². The molecule has 1 aliphatic rings. The van der Waals surface area contributed by atoms with Gasteiger partial charge in [0.25, 0.3) is 0 Å². The van der Waals surface area contributed by atoms with Crippen LogP contribution in [0.1, 0.15) is 22.7 Å². The average Bonchev–Trinajstić information content (AvgIpc) is 2.46. The third-order valence-corrected chi connectivity index (χ3v) is 3.86. The Morgan fingerprint density at radius 2 is 2.29 bits per heavy atom. The molecule has 1 amide bonds. The Kier molecular flexibility index (Phi) is 3.71. The molecule has 2 aromatic rings. The maximum Gasteiger partial charge on any atom is 0.239 e. The minimum Gasteiger partial charge on any atom is -0.368 e. The molecule has 107 valence electrons. The highest BCUT2D eigenvalue weighted by atomic mass is 19.1. The number of primary amides is 1. The standard InChI is InChI=1S/C17H16FN2O/c18-14-6-3-4-12(10-14)11-20-9-8-13-5-1-2-7-15(13)16(20)17(19)21/h2-7,10,16H,8-9,11H2,(H2,19,21). The fraction of sp³-hybridized carbons (Fsp3) is 0.235. The molecule has 3 rings (SSSR count). The van der Waals surface area contributed by atoms with Crippen molar-refractivity contribution in [3.8, 4) is 0 Å². The summed E-state index contributed by atoms with van der Waals surface area (Å²) in [6.07, 6.45) is 0.839. The van der Waals surface area contributed by atoms with E-state index in [1.807, 2.05) is 23.1 Å². The Morgan fingerprint density at radius 3 is 3.05 bits per heavy atom. The summed E-state index contributed by atoms with van der Waals surface area (Å²) < 4.78 is 13.3. The van der Waals surface area contributed by atoms with E-state index in [4.69, 9.17) is 5.73 Å². The fourth-order valence-corrected chi connectivity index (χ4v) is 2.92. The minimum absolute atomic E-state index is 0.268. The van der Waals surface area contributed by atoms with Crippen molar-refractivity contribution in [3.05, 3.63) is 71.0 Å². The van der Waals surface area contributed by atoms with Crippen molar-refractivity contribution in [2.24, 2.45) is 5.73 Å². The van der Waals surface area contributed by atoms with Crippen LogP contribution in [-0.4, -0.2) is 17.4 Å². The van der Waals surface area contributed by atoms with E-state index in [1.54, 1.807) is 12.1 Å². The van der Waals surface area contributed by atoms with Gasteiger partial charge in [-0.05, 0) is 41.3 Å². The summed E-state index contributed by atoms with van der Waals surface area (Å²) in [5, 5.41) is 0. The normalized spacial score (nSPS) is 18.2. The SMILES string of the molecule is NC(=O)C1c2cc[c]cc2CCN1Cc1cccc(F)c1. The Labute approximate surface area is 123 Å². The van der Waals surface area contributed by atoms with Gasteiger partial charge in [-0.3, -0.25) is 9.69 Å². The molecule has 1 heterocycles. The zero-order chi connectivity index (χ0) is 14.8. The number of nitrogens with zero attached hydrogens (tertiary/aromatic N) is 1. The van der Waals surface area contributed by atoms with Crippen molar-refractivity contribution in [3.63, 3.8) is 0 Å². The van der Waals surface area contributed by atoms with Gasteiger partial charge in [-0.15, -0.1) is 0 Å². The molecule has 1 aliphatic heterocycles. The largest absolute Gasteiger partial charge is 0.368 e. The monoisotopic (exact) mass is 283 g/mol. The highest BCUT2D eigenvalue weighted by molar-refractivity contribution is 5.82. The van der Waals surface area contributed by atoms with E-state index in [-0.39, 0.29) is 11.7 Å². The number of hydrogen-bond acceptors (Lipinski definition) is 2. The molecule has 1 unspecified atom stereocenters. The van der Waals surface area contributed by atoms with Crippen molar-refractivity contribution in [1.82, 2.24) is 4.90 Å². The predicted octanol–water partition coefficient (Wildman–Crippen LogP) is 2.21. The Morgan fingerprint density at radius 1 is 1.43 bits per heavy atom. The second-order valence-electron chi connectivity index (χ2n) is 5.28. The molecule has 0 spiro atoms. The van der Waals surface area contributed by atoms with Gasteiger partial charge in [0, 0.05) is 13.1 Å². The maximum atomic E-state index is 13.3. The molecule has 0 fully saturated rings. The number of halogens is 1. The van der Waals surface area contributed by atoms with Crippen LogP contribution in [0, 0.1) is 11.9 Å². The third kappa shape index (κ3) is 2.81. The first kappa shape index (κ1) is 13.8. The molecule has 2 aromatic carbocycles. The zero-order valence-electron chi connectivity index (χ0n) is 11.6. The van der Waals surface area contributed by atoms with Crippen LogP contribution in [0.25, 0.3) is 0 Å². The molecule has 2 N–H and O–H groups in total. The minimum atomic E-state index is -0.466. The summed E-state index contributed by atoms with van der Waals surface area (Å²) >= 11 is 0. The van der Waals surface area contributed by atoms with Gasteiger partial charge < -0.3 is 5.73 Å². The lowest BCUT2D eigenvalue weighted by Gasteiger charge is -2.35. The number of carbonyl (C=O) groups is 1. The topological polar surface area (TPSA) is 46.3 Å². The van der Waals surface area contributed by atoms with E-state index >= 15 is 0 Å². The zero-order valence-corrected chi connectivity index (χ0v) is 11.6. The van der Waals surface area contributed by atoms with Gasteiger partial charge in [0.2, 0.25) is 5.91 Å². The number of carbonyl (C=O) groups excluding carboxylic acids is 1. The molecular formula is C17H16FN2O. The third-order valence-electron chi connectivity index (χ3n) is 3.86. The van der Waals surface area contributed by atoms with Gasteiger partial charge in [-0.2, -0.15) is 0 Å². The quantitative estimate of drug-likeness (QED) is 0.938. The highest BCUT2D eigenvalue weighted by Gasteiger charge is 2.31. The Bertz CT molecular complexity index is 671. The smallest absolute Gasteiger partial charge is 0.239 e. The summed E-state index contributed by atoms with van der Waals surface area (Å²) in [4.78, 5) is 13.9. The fourth-order valence-electron chi connectivity index (χ4n) is 2.92. The lowest BCUT2D eigenvalue weighted by atomic mass is 9.92. The van der Waals surface area contributed by atoms with E-state index in [9.17, 15) is 9.18 Å².